The number of aromatic nitrogens is 2. The minimum Gasteiger partial charge on any atom is -0.467 e. The first-order valence-electron chi connectivity index (χ1n) is 9.44. The molecule has 0 spiro atoms. The van der Waals surface area contributed by atoms with Crippen LogP contribution in [0.3, 0.4) is 0 Å². The van der Waals surface area contributed by atoms with E-state index in [0.29, 0.717) is 10.2 Å². The predicted molar refractivity (Wildman–Crippen MR) is 114 cm³/mol. The van der Waals surface area contributed by atoms with Crippen molar-refractivity contribution >= 4 is 33.4 Å². The summed E-state index contributed by atoms with van der Waals surface area (Å²) >= 11 is 3.14. The molecule has 12 heteroatoms. The van der Waals surface area contributed by atoms with Crippen molar-refractivity contribution < 1.29 is 28.0 Å². The lowest BCUT2D eigenvalue weighted by atomic mass is 10.3. The van der Waals surface area contributed by atoms with E-state index in [0.717, 1.165) is 12.4 Å². The van der Waals surface area contributed by atoms with E-state index in [4.69, 9.17) is 13.9 Å². The SMILES string of the molecule is CCOC(=O)CCN(Cc1ccco1)c1ncnc(Oc2ccc(Br)cc2F)c1[N+](=O)[O-]. The van der Waals surface area contributed by atoms with E-state index < -0.39 is 28.3 Å². The van der Waals surface area contributed by atoms with Crippen LogP contribution in [0.1, 0.15) is 19.1 Å². The second-order valence-electron chi connectivity index (χ2n) is 6.34. The third-order valence-electron chi connectivity index (χ3n) is 4.17. The van der Waals surface area contributed by atoms with Crippen molar-refractivity contribution in [3.8, 4) is 11.6 Å². The Kier molecular flexibility index (Phi) is 7.71. The molecule has 10 nitrogen and oxygen atoms in total. The molecule has 32 heavy (non-hydrogen) atoms. The highest BCUT2D eigenvalue weighted by Gasteiger charge is 2.30. The molecule has 0 N–H and O–H groups in total. The molecule has 3 rings (SSSR count). The molecule has 2 aromatic heterocycles. The molecule has 0 bridgehead atoms. The molecule has 0 aliphatic carbocycles. The first-order chi connectivity index (χ1) is 15.4. The summed E-state index contributed by atoms with van der Waals surface area (Å²) in [5.41, 5.74) is -0.578. The Morgan fingerprint density at radius 1 is 1.34 bits per heavy atom. The molecule has 0 saturated heterocycles. The summed E-state index contributed by atoms with van der Waals surface area (Å²) in [5, 5.41) is 11.9. The fourth-order valence-electron chi connectivity index (χ4n) is 2.79. The highest BCUT2D eigenvalue weighted by Crippen LogP contribution is 2.37. The van der Waals surface area contributed by atoms with Crippen LogP contribution in [-0.4, -0.2) is 34.0 Å². The molecule has 1 aromatic carbocycles. The van der Waals surface area contributed by atoms with Gasteiger partial charge in [0.2, 0.25) is 5.82 Å². The Morgan fingerprint density at radius 3 is 2.81 bits per heavy atom. The van der Waals surface area contributed by atoms with Crippen LogP contribution >= 0.6 is 15.9 Å². The van der Waals surface area contributed by atoms with Gasteiger partial charge in [-0.15, -0.1) is 0 Å². The van der Waals surface area contributed by atoms with Crippen molar-refractivity contribution in [2.45, 2.75) is 19.9 Å². The monoisotopic (exact) mass is 508 g/mol. The maximum atomic E-state index is 14.2. The van der Waals surface area contributed by atoms with Gasteiger partial charge in [-0.25, -0.2) is 9.37 Å². The molecule has 0 radical (unpaired) electrons. The molecule has 3 aromatic rings. The Hall–Kier alpha value is -3.54. The van der Waals surface area contributed by atoms with Crippen LogP contribution in [0.15, 0.2) is 51.8 Å². The van der Waals surface area contributed by atoms with Crippen LogP contribution in [0.4, 0.5) is 15.9 Å². The fraction of sp³-hybridized carbons (Fsp3) is 0.250. The highest BCUT2D eigenvalue weighted by molar-refractivity contribution is 9.10. The quantitative estimate of drug-likeness (QED) is 0.219. The van der Waals surface area contributed by atoms with E-state index in [-0.39, 0.29) is 37.7 Å². The number of hydrogen-bond acceptors (Lipinski definition) is 9. The number of anilines is 1. The molecule has 0 aliphatic heterocycles. The van der Waals surface area contributed by atoms with Gasteiger partial charge in [0.25, 0.3) is 0 Å². The number of nitro groups is 1. The van der Waals surface area contributed by atoms with E-state index in [2.05, 4.69) is 25.9 Å². The number of rotatable bonds is 10. The summed E-state index contributed by atoms with van der Waals surface area (Å²) < 4.78 is 30.4. The molecule has 0 aliphatic rings. The molecular weight excluding hydrogens is 491 g/mol. The van der Waals surface area contributed by atoms with Crippen molar-refractivity contribution in [2.24, 2.45) is 0 Å². The topological polar surface area (TPSA) is 121 Å². The van der Waals surface area contributed by atoms with E-state index >= 15 is 0 Å². The first kappa shape index (κ1) is 23.1. The zero-order valence-electron chi connectivity index (χ0n) is 16.9. The summed E-state index contributed by atoms with van der Waals surface area (Å²) in [6.45, 7) is 2.01. The third-order valence-corrected chi connectivity index (χ3v) is 4.66. The Bertz CT molecular complexity index is 1100. The van der Waals surface area contributed by atoms with Gasteiger partial charge in [-0.05, 0) is 37.3 Å². The molecule has 2 heterocycles. The average molecular weight is 509 g/mol. The summed E-state index contributed by atoms with van der Waals surface area (Å²) in [7, 11) is 0. The minimum atomic E-state index is -0.733. The lowest BCUT2D eigenvalue weighted by Crippen LogP contribution is -2.28. The van der Waals surface area contributed by atoms with Crippen LogP contribution in [0.25, 0.3) is 0 Å². The fourth-order valence-corrected chi connectivity index (χ4v) is 3.12. The molecule has 0 saturated carbocycles. The average Bonchev–Trinajstić information content (AvgIpc) is 3.26. The number of halogens is 2. The number of ether oxygens (including phenoxy) is 2. The van der Waals surface area contributed by atoms with Gasteiger partial charge in [0.15, 0.2) is 11.6 Å². The Morgan fingerprint density at radius 2 is 2.16 bits per heavy atom. The summed E-state index contributed by atoms with van der Waals surface area (Å²) in [6.07, 6.45) is 2.47. The smallest absolute Gasteiger partial charge is 0.373 e. The van der Waals surface area contributed by atoms with Crippen LogP contribution in [-0.2, 0) is 16.1 Å². The molecular formula is C20H18BrFN4O6. The number of esters is 1. The standard InChI is InChI=1S/C20H18BrFN4O6/c1-2-30-17(27)7-8-25(11-14-4-3-9-31-14)19-18(26(28)29)20(24-12-23-19)32-16-6-5-13(21)10-15(16)22/h3-6,9-10,12H,2,7-8,11H2,1H3. The maximum absolute atomic E-state index is 14.2. The van der Waals surface area contributed by atoms with Crippen molar-refractivity contribution in [1.29, 1.82) is 0 Å². The highest BCUT2D eigenvalue weighted by atomic mass is 79.9. The second-order valence-corrected chi connectivity index (χ2v) is 7.26. The molecule has 0 unspecified atom stereocenters. The van der Waals surface area contributed by atoms with Gasteiger partial charge in [-0.2, -0.15) is 4.98 Å². The minimum absolute atomic E-state index is 0.0451. The number of carbonyl (C=O) groups is 1. The lowest BCUT2D eigenvalue weighted by molar-refractivity contribution is -0.385. The van der Waals surface area contributed by atoms with E-state index in [1.54, 1.807) is 19.1 Å². The summed E-state index contributed by atoms with van der Waals surface area (Å²) in [4.78, 5) is 32.4. The molecule has 168 valence electrons. The lowest BCUT2D eigenvalue weighted by Gasteiger charge is -2.22. The normalized spacial score (nSPS) is 10.6. The number of nitrogens with zero attached hydrogens (tertiary/aromatic N) is 4. The third kappa shape index (κ3) is 5.78. The number of carbonyl (C=O) groups excluding carboxylic acids is 1. The van der Waals surface area contributed by atoms with Gasteiger partial charge < -0.3 is 18.8 Å². The van der Waals surface area contributed by atoms with E-state index in [1.807, 2.05) is 0 Å². The molecule has 0 atom stereocenters. The Balaban J connectivity index is 1.98. The van der Waals surface area contributed by atoms with Crippen molar-refractivity contribution in [2.75, 3.05) is 18.1 Å². The maximum Gasteiger partial charge on any atom is 0.373 e. The molecule has 0 fully saturated rings. The Labute approximate surface area is 190 Å². The van der Waals surface area contributed by atoms with Gasteiger partial charge in [-0.3, -0.25) is 14.9 Å². The number of furan rings is 1. The van der Waals surface area contributed by atoms with Gasteiger partial charge in [0, 0.05) is 11.0 Å². The summed E-state index contributed by atoms with van der Waals surface area (Å²) in [5.74, 6) is -1.51. The zero-order valence-corrected chi connectivity index (χ0v) is 18.5. The van der Waals surface area contributed by atoms with Gasteiger partial charge >= 0.3 is 17.5 Å². The number of benzene rings is 1. The largest absolute Gasteiger partial charge is 0.467 e. The predicted octanol–water partition coefficient (Wildman–Crippen LogP) is 4.63. The van der Waals surface area contributed by atoms with Crippen LogP contribution < -0.4 is 9.64 Å². The van der Waals surface area contributed by atoms with Gasteiger partial charge in [-0.1, -0.05) is 15.9 Å². The second kappa shape index (κ2) is 10.7. The van der Waals surface area contributed by atoms with Crippen LogP contribution in [0, 0.1) is 15.9 Å². The number of hydrogen-bond donors (Lipinski definition) is 0. The van der Waals surface area contributed by atoms with Crippen molar-refractivity contribution in [1.82, 2.24) is 9.97 Å². The first-order valence-corrected chi connectivity index (χ1v) is 10.2. The van der Waals surface area contributed by atoms with Crippen molar-refractivity contribution in [3.63, 3.8) is 0 Å². The van der Waals surface area contributed by atoms with Crippen molar-refractivity contribution in [3.05, 3.63) is 69.1 Å². The van der Waals surface area contributed by atoms with Gasteiger partial charge in [0.05, 0.1) is 30.8 Å². The van der Waals surface area contributed by atoms with E-state index in [1.165, 1.54) is 23.3 Å². The summed E-state index contributed by atoms with van der Waals surface area (Å²) in [6, 6.07) is 7.34. The van der Waals surface area contributed by atoms with Crippen LogP contribution in [0.5, 0.6) is 11.6 Å². The van der Waals surface area contributed by atoms with Gasteiger partial charge in [0.1, 0.15) is 12.1 Å². The van der Waals surface area contributed by atoms with E-state index in [9.17, 15) is 19.3 Å². The molecule has 0 amide bonds. The zero-order chi connectivity index (χ0) is 23.1. The van der Waals surface area contributed by atoms with Crippen LogP contribution in [0.2, 0.25) is 0 Å².